The van der Waals surface area contributed by atoms with E-state index >= 15 is 0 Å². The van der Waals surface area contributed by atoms with Gasteiger partial charge in [0.25, 0.3) is 0 Å². The third kappa shape index (κ3) is 3.87. The van der Waals surface area contributed by atoms with Crippen LogP contribution in [0.3, 0.4) is 0 Å². The van der Waals surface area contributed by atoms with Crippen molar-refractivity contribution in [2.24, 2.45) is 0 Å². The average Bonchev–Trinajstić information content (AvgIpc) is 2.48. The average molecular weight is 266 g/mol. The predicted octanol–water partition coefficient (Wildman–Crippen LogP) is 5.29. The third-order valence-corrected chi connectivity index (χ3v) is 3.49. The molecule has 0 unspecified atom stereocenters. The van der Waals surface area contributed by atoms with Gasteiger partial charge in [0.05, 0.1) is 0 Å². The van der Waals surface area contributed by atoms with Gasteiger partial charge >= 0.3 is 0 Å². The predicted molar refractivity (Wildman–Crippen MR) is 87.5 cm³/mol. The van der Waals surface area contributed by atoms with Gasteiger partial charge in [0.15, 0.2) is 0 Å². The maximum atomic E-state index is 5.64. The topological polar surface area (TPSA) is 0 Å². The number of benzene rings is 2. The Morgan fingerprint density at radius 1 is 0.947 bits per heavy atom. The van der Waals surface area contributed by atoms with E-state index in [4.69, 9.17) is 12.2 Å². The zero-order valence-electron chi connectivity index (χ0n) is 11.2. The molecule has 0 aliphatic carbocycles. The van der Waals surface area contributed by atoms with Gasteiger partial charge in [-0.15, -0.1) is 0 Å². The molecule has 2 aromatic rings. The van der Waals surface area contributed by atoms with Crippen LogP contribution in [-0.4, -0.2) is 4.86 Å². The van der Waals surface area contributed by atoms with Gasteiger partial charge in [0, 0.05) is 4.86 Å². The molecule has 0 spiro atoms. The second kappa shape index (κ2) is 7.01. The molecular formula is C18H18S. The lowest BCUT2D eigenvalue weighted by molar-refractivity contribution is 0.943. The third-order valence-electron chi connectivity index (χ3n) is 2.99. The van der Waals surface area contributed by atoms with E-state index in [1.807, 2.05) is 24.3 Å². The van der Waals surface area contributed by atoms with Gasteiger partial charge < -0.3 is 0 Å². The van der Waals surface area contributed by atoms with Gasteiger partial charge in [0.2, 0.25) is 0 Å². The van der Waals surface area contributed by atoms with Crippen LogP contribution in [0.4, 0.5) is 0 Å². The summed E-state index contributed by atoms with van der Waals surface area (Å²) < 4.78 is 0. The first-order valence-electron chi connectivity index (χ1n) is 6.66. The van der Waals surface area contributed by atoms with E-state index in [0.717, 1.165) is 23.3 Å². The van der Waals surface area contributed by atoms with Crippen LogP contribution < -0.4 is 0 Å². The van der Waals surface area contributed by atoms with Crippen LogP contribution in [0, 0.1) is 0 Å². The fraction of sp³-hybridized carbons (Fsp3) is 0.167. The van der Waals surface area contributed by atoms with Crippen molar-refractivity contribution < 1.29 is 0 Å². The normalized spacial score (nSPS) is 11.3. The van der Waals surface area contributed by atoms with E-state index in [1.165, 1.54) is 11.1 Å². The molecule has 2 aromatic carbocycles. The molecule has 19 heavy (non-hydrogen) atoms. The fourth-order valence-electron chi connectivity index (χ4n) is 2.05. The molecule has 0 amide bonds. The number of allylic oxidation sites excluding steroid dienone is 1. The molecule has 0 fully saturated rings. The molecule has 1 heteroatoms. The zero-order chi connectivity index (χ0) is 13.5. The Balaban J connectivity index is 2.31. The lowest BCUT2D eigenvalue weighted by Gasteiger charge is -2.09. The Morgan fingerprint density at radius 3 is 2.11 bits per heavy atom. The lowest BCUT2D eigenvalue weighted by Crippen LogP contribution is -2.01. The van der Waals surface area contributed by atoms with Crippen molar-refractivity contribution in [1.82, 2.24) is 0 Å². The second-order valence-corrected chi connectivity index (χ2v) is 4.93. The highest BCUT2D eigenvalue weighted by molar-refractivity contribution is 7.81. The number of hydrogen-bond acceptors (Lipinski definition) is 1. The van der Waals surface area contributed by atoms with E-state index in [2.05, 4.69) is 49.4 Å². The Bertz CT molecular complexity index is 553. The summed E-state index contributed by atoms with van der Waals surface area (Å²) in [6.07, 6.45) is 4.33. The summed E-state index contributed by atoms with van der Waals surface area (Å²) in [5.41, 5.74) is 3.59. The zero-order valence-corrected chi connectivity index (χ0v) is 12.0. The van der Waals surface area contributed by atoms with Crippen molar-refractivity contribution in [3.63, 3.8) is 0 Å². The molecule has 0 atom stereocenters. The van der Waals surface area contributed by atoms with Crippen molar-refractivity contribution in [3.8, 4) is 0 Å². The Labute approximate surface area is 120 Å². The molecule has 0 aliphatic heterocycles. The van der Waals surface area contributed by atoms with E-state index in [-0.39, 0.29) is 0 Å². The highest BCUT2D eigenvalue weighted by Gasteiger charge is 2.06. The summed E-state index contributed by atoms with van der Waals surface area (Å²) in [7, 11) is 0. The van der Waals surface area contributed by atoms with Crippen molar-refractivity contribution in [1.29, 1.82) is 0 Å². The van der Waals surface area contributed by atoms with Gasteiger partial charge in [-0.3, -0.25) is 0 Å². The summed E-state index contributed by atoms with van der Waals surface area (Å²) >= 11 is 5.64. The van der Waals surface area contributed by atoms with Crippen LogP contribution >= 0.6 is 12.2 Å². The van der Waals surface area contributed by atoms with E-state index in [9.17, 15) is 0 Å². The first-order valence-corrected chi connectivity index (χ1v) is 7.07. The van der Waals surface area contributed by atoms with Crippen LogP contribution in [0.5, 0.6) is 0 Å². The molecular weight excluding hydrogens is 248 g/mol. The molecule has 0 bridgehead atoms. The minimum atomic E-state index is 0.964. The summed E-state index contributed by atoms with van der Waals surface area (Å²) in [5, 5.41) is 0. The highest BCUT2D eigenvalue weighted by Crippen LogP contribution is 2.18. The van der Waals surface area contributed by atoms with Crippen LogP contribution in [0.2, 0.25) is 0 Å². The van der Waals surface area contributed by atoms with E-state index in [0.29, 0.717) is 0 Å². The second-order valence-electron chi connectivity index (χ2n) is 4.53. The molecule has 96 valence electrons. The minimum absolute atomic E-state index is 0.964. The largest absolute Gasteiger partial charge is 0.0792 e. The monoisotopic (exact) mass is 266 g/mol. The lowest BCUT2D eigenvalue weighted by atomic mass is 9.98. The first kappa shape index (κ1) is 13.7. The standard InChI is InChI=1S/C18H18S/c1-2-9-17(14-15-10-5-3-6-11-15)18(19)16-12-7-4-8-13-16/h3-8,10-14H,2,9H2,1H3. The summed E-state index contributed by atoms with van der Waals surface area (Å²) in [5.74, 6) is 0. The summed E-state index contributed by atoms with van der Waals surface area (Å²) in [6.45, 7) is 2.19. The molecule has 0 heterocycles. The quantitative estimate of drug-likeness (QED) is 0.402. The van der Waals surface area contributed by atoms with Crippen molar-refractivity contribution in [2.75, 3.05) is 0 Å². The van der Waals surface area contributed by atoms with Gasteiger partial charge in [-0.2, -0.15) is 0 Å². The van der Waals surface area contributed by atoms with Crippen molar-refractivity contribution >= 4 is 23.2 Å². The van der Waals surface area contributed by atoms with Gasteiger partial charge in [-0.05, 0) is 23.1 Å². The van der Waals surface area contributed by atoms with Gasteiger partial charge in [-0.1, -0.05) is 92.3 Å². The number of thiocarbonyl (C=S) groups is 1. The molecule has 0 aliphatic rings. The molecule has 0 radical (unpaired) electrons. The molecule has 0 nitrogen and oxygen atoms in total. The molecule has 0 aromatic heterocycles. The van der Waals surface area contributed by atoms with Crippen molar-refractivity contribution in [3.05, 3.63) is 77.4 Å². The van der Waals surface area contributed by atoms with Gasteiger partial charge in [0.1, 0.15) is 0 Å². The smallest absolute Gasteiger partial charge is 0.0481 e. The van der Waals surface area contributed by atoms with Crippen LogP contribution in [0.15, 0.2) is 66.2 Å². The minimum Gasteiger partial charge on any atom is -0.0792 e. The van der Waals surface area contributed by atoms with Gasteiger partial charge in [-0.25, -0.2) is 0 Å². The molecule has 0 saturated carbocycles. The van der Waals surface area contributed by atoms with E-state index in [1.54, 1.807) is 0 Å². The molecule has 0 N–H and O–H groups in total. The van der Waals surface area contributed by atoms with Crippen molar-refractivity contribution in [2.45, 2.75) is 19.8 Å². The maximum Gasteiger partial charge on any atom is 0.0481 e. The fourth-order valence-corrected chi connectivity index (χ4v) is 2.34. The highest BCUT2D eigenvalue weighted by atomic mass is 32.1. The summed E-state index contributed by atoms with van der Waals surface area (Å²) in [4.78, 5) is 0.964. The molecule has 0 saturated heterocycles. The maximum absolute atomic E-state index is 5.64. The Morgan fingerprint density at radius 2 is 1.53 bits per heavy atom. The van der Waals surface area contributed by atoms with E-state index < -0.39 is 0 Å². The first-order chi connectivity index (χ1) is 9.31. The summed E-state index contributed by atoms with van der Waals surface area (Å²) in [6, 6.07) is 20.6. The van der Waals surface area contributed by atoms with Crippen LogP contribution in [-0.2, 0) is 0 Å². The Kier molecular flexibility index (Phi) is 5.05. The number of hydrogen-bond donors (Lipinski definition) is 0. The Hall–Kier alpha value is -1.73. The molecule has 2 rings (SSSR count). The van der Waals surface area contributed by atoms with Crippen LogP contribution in [0.25, 0.3) is 6.08 Å². The number of rotatable bonds is 5. The SMILES string of the molecule is CCCC(=Cc1ccccc1)C(=S)c1ccccc1. The van der Waals surface area contributed by atoms with Crippen LogP contribution in [0.1, 0.15) is 30.9 Å².